The molecule has 1 aliphatic heterocycles. The third kappa shape index (κ3) is 5.88. The van der Waals surface area contributed by atoms with Crippen LogP contribution in [0.1, 0.15) is 59.1 Å². The van der Waals surface area contributed by atoms with Gasteiger partial charge >= 0.3 is 5.97 Å². The molecule has 47 heavy (non-hydrogen) atoms. The van der Waals surface area contributed by atoms with Gasteiger partial charge in [0.25, 0.3) is 5.56 Å². The van der Waals surface area contributed by atoms with Crippen LogP contribution in [0.25, 0.3) is 55.3 Å². The van der Waals surface area contributed by atoms with Crippen molar-refractivity contribution in [3.05, 3.63) is 70.6 Å². The van der Waals surface area contributed by atoms with E-state index in [9.17, 15) is 14.4 Å². The van der Waals surface area contributed by atoms with Gasteiger partial charge in [0.2, 0.25) is 5.91 Å². The molecule has 0 unspecified atom stereocenters. The van der Waals surface area contributed by atoms with Gasteiger partial charge in [-0.3, -0.25) is 14.4 Å². The lowest BCUT2D eigenvalue weighted by atomic mass is 10.1. The Morgan fingerprint density at radius 3 is 2.49 bits per heavy atom. The van der Waals surface area contributed by atoms with Crippen LogP contribution in [0.5, 0.6) is 0 Å². The molecule has 1 saturated heterocycles. The molecule has 1 fully saturated rings. The molecule has 0 radical (unpaired) electrons. The van der Waals surface area contributed by atoms with Gasteiger partial charge in [-0.05, 0) is 76.9 Å². The number of amides is 1. The molecule has 242 valence electrons. The number of rotatable bonds is 9. The summed E-state index contributed by atoms with van der Waals surface area (Å²) in [7, 11) is 0. The first-order valence-corrected chi connectivity index (χ1v) is 16.5. The molecule has 10 nitrogen and oxygen atoms in total. The minimum Gasteiger partial charge on any atom is -0.460 e. The van der Waals surface area contributed by atoms with Crippen LogP contribution in [0.3, 0.4) is 0 Å². The molecule has 3 aromatic heterocycles. The van der Waals surface area contributed by atoms with Crippen molar-refractivity contribution in [1.29, 1.82) is 0 Å². The number of nitrogens with zero attached hydrogens (tertiary/aromatic N) is 5. The van der Waals surface area contributed by atoms with Crippen LogP contribution < -0.4 is 5.56 Å². The van der Waals surface area contributed by atoms with Gasteiger partial charge in [0.15, 0.2) is 0 Å². The second-order valence-corrected chi connectivity index (χ2v) is 13.4. The van der Waals surface area contributed by atoms with Gasteiger partial charge in [-0.15, -0.1) is 0 Å². The maximum Gasteiger partial charge on any atom is 0.306 e. The molecule has 1 N–H and O–H groups in total. The van der Waals surface area contributed by atoms with E-state index < -0.39 is 5.60 Å². The molecule has 0 atom stereocenters. The average Bonchev–Trinajstić information content (AvgIpc) is 3.70. The Morgan fingerprint density at radius 1 is 0.915 bits per heavy atom. The number of imidazole rings is 1. The van der Waals surface area contributed by atoms with Crippen molar-refractivity contribution in [3.8, 4) is 11.4 Å². The van der Waals surface area contributed by atoms with Crippen LogP contribution in [0.4, 0.5) is 0 Å². The fraction of sp³-hybridized carbons (Fsp3) is 0.378. The third-order valence-corrected chi connectivity index (χ3v) is 8.95. The fourth-order valence-electron chi connectivity index (χ4n) is 6.87. The second kappa shape index (κ2) is 12.0. The molecular formula is C37H40N6O4. The van der Waals surface area contributed by atoms with Crippen molar-refractivity contribution in [2.45, 2.75) is 78.5 Å². The Morgan fingerprint density at radius 2 is 1.72 bits per heavy atom. The fourth-order valence-corrected chi connectivity index (χ4v) is 6.87. The van der Waals surface area contributed by atoms with Crippen LogP contribution in [0.2, 0.25) is 0 Å². The van der Waals surface area contributed by atoms with Gasteiger partial charge in [-0.1, -0.05) is 18.2 Å². The van der Waals surface area contributed by atoms with E-state index in [0.717, 1.165) is 48.4 Å². The SMILES string of the molecule is CCn1c2ccccc2c2cc(-c3nc4cc5[nH]c(=O)c(CCC(=O)OC(C)(C)C)nc5cc4n3CCCN3CCCC3=O)ccc21. The number of aromatic amines is 1. The van der Waals surface area contributed by atoms with Gasteiger partial charge < -0.3 is 23.8 Å². The zero-order valence-electron chi connectivity index (χ0n) is 27.4. The highest BCUT2D eigenvalue weighted by Gasteiger charge is 2.22. The molecular weight excluding hydrogens is 592 g/mol. The maximum absolute atomic E-state index is 13.0. The standard InChI is InChI=1S/C37H40N6O4/c1-5-42-30-11-7-6-10-24(30)25-20-23(13-15-31(25)42)35-39-29-21-27-28(22-32(29)43(35)19-9-18-41-17-8-12-33(41)44)38-26(36(46)40-27)14-16-34(45)47-37(2,3)4/h6-7,10-11,13,15,20-22H,5,8-9,12,14,16-19H2,1-4H3,(H,40,46). The summed E-state index contributed by atoms with van der Waals surface area (Å²) in [4.78, 5) is 52.4. The lowest BCUT2D eigenvalue weighted by molar-refractivity contribution is -0.154. The summed E-state index contributed by atoms with van der Waals surface area (Å²) < 4.78 is 9.97. The molecule has 10 heteroatoms. The third-order valence-electron chi connectivity index (χ3n) is 8.95. The Hall–Kier alpha value is -4.99. The number of benzene rings is 3. The van der Waals surface area contributed by atoms with E-state index in [2.05, 4.69) is 63.5 Å². The van der Waals surface area contributed by atoms with Gasteiger partial charge in [-0.2, -0.15) is 0 Å². The van der Waals surface area contributed by atoms with E-state index in [1.807, 2.05) is 37.8 Å². The van der Waals surface area contributed by atoms with Crippen LogP contribution >= 0.6 is 0 Å². The van der Waals surface area contributed by atoms with Crippen LogP contribution in [0.15, 0.2) is 59.4 Å². The number of aryl methyl sites for hydroxylation is 3. The topological polar surface area (TPSA) is 115 Å². The zero-order valence-corrected chi connectivity index (χ0v) is 27.4. The summed E-state index contributed by atoms with van der Waals surface area (Å²) in [5, 5.41) is 2.37. The number of ether oxygens (including phenoxy) is 1. The molecule has 0 spiro atoms. The van der Waals surface area contributed by atoms with Crippen molar-refractivity contribution in [3.63, 3.8) is 0 Å². The number of nitrogens with one attached hydrogen (secondary N) is 1. The van der Waals surface area contributed by atoms with Crippen molar-refractivity contribution in [1.82, 2.24) is 29.0 Å². The van der Waals surface area contributed by atoms with Gasteiger partial charge in [0.1, 0.15) is 17.1 Å². The largest absolute Gasteiger partial charge is 0.460 e. The minimum atomic E-state index is -0.596. The minimum absolute atomic E-state index is 0.0648. The molecule has 0 bridgehead atoms. The predicted octanol–water partition coefficient (Wildman–Crippen LogP) is 6.35. The second-order valence-electron chi connectivity index (χ2n) is 13.4. The first kappa shape index (κ1) is 30.7. The van der Waals surface area contributed by atoms with E-state index in [4.69, 9.17) is 14.7 Å². The quantitative estimate of drug-likeness (QED) is 0.186. The monoisotopic (exact) mass is 632 g/mol. The smallest absolute Gasteiger partial charge is 0.306 e. The first-order chi connectivity index (χ1) is 22.6. The van der Waals surface area contributed by atoms with Crippen molar-refractivity contribution in [2.75, 3.05) is 13.1 Å². The maximum atomic E-state index is 13.0. The summed E-state index contributed by atoms with van der Waals surface area (Å²) >= 11 is 0. The van der Waals surface area contributed by atoms with Gasteiger partial charge in [0.05, 0.1) is 28.5 Å². The molecule has 7 rings (SSSR count). The van der Waals surface area contributed by atoms with Crippen molar-refractivity contribution >= 4 is 55.7 Å². The number of likely N-dealkylation sites (tertiary alicyclic amines) is 1. The van der Waals surface area contributed by atoms with Crippen molar-refractivity contribution in [2.24, 2.45) is 0 Å². The molecule has 6 aromatic rings. The Bertz CT molecular complexity index is 2240. The van der Waals surface area contributed by atoms with E-state index in [1.54, 1.807) is 0 Å². The average molecular weight is 633 g/mol. The van der Waals surface area contributed by atoms with E-state index >= 15 is 0 Å². The number of fused-ring (bicyclic) bond motifs is 5. The van der Waals surface area contributed by atoms with Crippen molar-refractivity contribution < 1.29 is 14.3 Å². The summed E-state index contributed by atoms with van der Waals surface area (Å²) in [6.07, 6.45) is 2.56. The molecule has 3 aromatic carbocycles. The highest BCUT2D eigenvalue weighted by Crippen LogP contribution is 2.34. The molecule has 1 amide bonds. The van der Waals surface area contributed by atoms with Crippen LogP contribution in [-0.4, -0.2) is 59.6 Å². The summed E-state index contributed by atoms with van der Waals surface area (Å²) in [6, 6.07) is 18.8. The number of esters is 1. The molecule has 4 heterocycles. The normalized spacial score (nSPS) is 14.0. The van der Waals surface area contributed by atoms with E-state index in [0.29, 0.717) is 36.2 Å². The number of hydrogen-bond donors (Lipinski definition) is 1. The Labute approximate surface area is 272 Å². The first-order valence-electron chi connectivity index (χ1n) is 16.5. The number of carbonyl (C=O) groups excluding carboxylic acids is 2. The number of hydrogen-bond acceptors (Lipinski definition) is 6. The van der Waals surface area contributed by atoms with E-state index in [1.165, 1.54) is 21.8 Å². The highest BCUT2D eigenvalue weighted by molar-refractivity contribution is 6.09. The number of para-hydroxylation sites is 1. The molecule has 0 aliphatic carbocycles. The van der Waals surface area contributed by atoms with Gasteiger partial charge in [-0.25, -0.2) is 9.97 Å². The lowest BCUT2D eigenvalue weighted by Gasteiger charge is -2.19. The Kier molecular flexibility index (Phi) is 7.82. The Balaban J connectivity index is 1.31. The number of carbonyl (C=O) groups is 2. The molecule has 1 aliphatic rings. The van der Waals surface area contributed by atoms with E-state index in [-0.39, 0.29) is 30.3 Å². The number of aromatic nitrogens is 5. The summed E-state index contributed by atoms with van der Waals surface area (Å²) in [5.74, 6) is 0.676. The molecule has 0 saturated carbocycles. The zero-order chi connectivity index (χ0) is 32.9. The van der Waals surface area contributed by atoms with Gasteiger partial charge in [0, 0.05) is 66.4 Å². The highest BCUT2D eigenvalue weighted by atomic mass is 16.6. The predicted molar refractivity (Wildman–Crippen MR) is 184 cm³/mol. The summed E-state index contributed by atoms with van der Waals surface area (Å²) in [5.41, 5.74) is 5.61. The lowest BCUT2D eigenvalue weighted by Crippen LogP contribution is -2.26. The summed E-state index contributed by atoms with van der Waals surface area (Å²) in [6.45, 7) is 10.6. The number of H-pyrrole nitrogens is 1. The van der Waals surface area contributed by atoms with Crippen LogP contribution in [-0.2, 0) is 33.8 Å². The van der Waals surface area contributed by atoms with Crippen LogP contribution in [0, 0.1) is 0 Å².